The van der Waals surface area contributed by atoms with Gasteiger partial charge >= 0.3 is 5.97 Å². The molecule has 0 aromatic heterocycles. The monoisotopic (exact) mass is 288 g/mol. The molecule has 2 aliphatic heterocycles. The summed E-state index contributed by atoms with van der Waals surface area (Å²) in [6.45, 7) is 0.116. The van der Waals surface area contributed by atoms with Gasteiger partial charge in [-0.3, -0.25) is 9.69 Å². The van der Waals surface area contributed by atoms with Gasteiger partial charge < -0.3 is 19.9 Å². The summed E-state index contributed by atoms with van der Waals surface area (Å²) in [5.74, 6) is -0.262. The first kappa shape index (κ1) is 14.3. The number of rotatable bonds is 5. The minimum absolute atomic E-state index is 0.158. The van der Waals surface area contributed by atoms with Crippen molar-refractivity contribution in [3.63, 3.8) is 0 Å². The molecule has 0 radical (unpaired) electrons. The number of esters is 1. The average molecular weight is 288 g/mol. The zero-order chi connectivity index (χ0) is 14.0. The summed E-state index contributed by atoms with van der Waals surface area (Å²) in [5.41, 5.74) is 6.69. The molecule has 0 aliphatic carbocycles. The number of methoxy groups -OCH3 is 2. The van der Waals surface area contributed by atoms with Crippen LogP contribution in [0.3, 0.4) is 0 Å². The molecule has 0 spiro atoms. The van der Waals surface area contributed by atoms with Crippen LogP contribution in [0.2, 0.25) is 0 Å². The highest BCUT2D eigenvalue weighted by molar-refractivity contribution is 8.00. The van der Waals surface area contributed by atoms with Gasteiger partial charge in [0.1, 0.15) is 17.1 Å². The molecule has 0 saturated carbocycles. The van der Waals surface area contributed by atoms with Crippen LogP contribution in [-0.4, -0.2) is 61.6 Å². The first-order valence-corrected chi connectivity index (χ1v) is 6.74. The van der Waals surface area contributed by atoms with Crippen LogP contribution < -0.4 is 5.73 Å². The maximum atomic E-state index is 12.0. The Bertz CT molecular complexity index is 425. The second kappa shape index (κ2) is 5.91. The lowest BCUT2D eigenvalue weighted by atomic mass is 10.0. The molecule has 0 aromatic rings. The normalized spacial score (nSPS) is 26.1. The molecule has 8 heteroatoms. The Kier molecular flexibility index (Phi) is 4.46. The van der Waals surface area contributed by atoms with Crippen LogP contribution in [-0.2, 0) is 23.8 Å². The molecule has 1 amide bonds. The number of carbonyl (C=O) groups excluding carboxylic acids is 2. The lowest BCUT2D eigenvalue weighted by Crippen LogP contribution is -2.68. The maximum Gasteiger partial charge on any atom is 0.357 e. The van der Waals surface area contributed by atoms with Gasteiger partial charge in [0.25, 0.3) is 0 Å². The first-order chi connectivity index (χ1) is 9.11. The summed E-state index contributed by atoms with van der Waals surface area (Å²) in [6.07, 6.45) is 0. The Hall–Kier alpha value is -1.09. The van der Waals surface area contributed by atoms with Crippen molar-refractivity contribution in [1.82, 2.24) is 4.90 Å². The molecular formula is C11H16N2O5S. The Morgan fingerprint density at radius 1 is 1.47 bits per heavy atom. The largest absolute Gasteiger partial charge is 0.434 e. The summed E-state index contributed by atoms with van der Waals surface area (Å²) >= 11 is 1.52. The number of β-lactam (4-membered cyclic amide) rings is 1. The summed E-state index contributed by atoms with van der Waals surface area (Å²) in [4.78, 5) is 25.2. The van der Waals surface area contributed by atoms with E-state index in [2.05, 4.69) is 0 Å². The fourth-order valence-electron chi connectivity index (χ4n) is 2.03. The van der Waals surface area contributed by atoms with E-state index >= 15 is 0 Å². The molecule has 2 heterocycles. The van der Waals surface area contributed by atoms with Crippen LogP contribution in [0.4, 0.5) is 0 Å². The summed E-state index contributed by atoms with van der Waals surface area (Å²) < 4.78 is 14.7. The third-order valence-corrected chi connectivity index (χ3v) is 4.27. The van der Waals surface area contributed by atoms with Gasteiger partial charge in [-0.05, 0) is 5.57 Å². The van der Waals surface area contributed by atoms with E-state index in [-0.39, 0.29) is 30.4 Å². The average Bonchev–Trinajstić information content (AvgIpc) is 2.43. The van der Waals surface area contributed by atoms with Gasteiger partial charge in [-0.15, -0.1) is 11.8 Å². The molecule has 2 aliphatic rings. The topological polar surface area (TPSA) is 91.1 Å². The van der Waals surface area contributed by atoms with E-state index in [1.54, 1.807) is 0 Å². The van der Waals surface area contributed by atoms with Crippen molar-refractivity contribution < 1.29 is 23.8 Å². The zero-order valence-corrected chi connectivity index (χ0v) is 11.6. The number of carbonyl (C=O) groups is 2. The molecule has 0 aromatic carbocycles. The van der Waals surface area contributed by atoms with E-state index in [0.717, 1.165) is 5.57 Å². The van der Waals surface area contributed by atoms with Crippen LogP contribution >= 0.6 is 11.8 Å². The van der Waals surface area contributed by atoms with Crippen LogP contribution in [0.15, 0.2) is 11.3 Å². The molecule has 7 nitrogen and oxygen atoms in total. The number of hydrogen-bond acceptors (Lipinski definition) is 7. The summed E-state index contributed by atoms with van der Waals surface area (Å²) in [5, 5.41) is -0.196. The number of fused-ring (bicyclic) bond motifs is 1. The van der Waals surface area contributed by atoms with Crippen LogP contribution in [0.1, 0.15) is 0 Å². The Morgan fingerprint density at radius 3 is 2.84 bits per heavy atom. The van der Waals surface area contributed by atoms with Gasteiger partial charge in [0.05, 0.1) is 6.61 Å². The van der Waals surface area contributed by atoms with Gasteiger partial charge in [0.2, 0.25) is 5.91 Å². The van der Waals surface area contributed by atoms with Gasteiger partial charge in [-0.2, -0.15) is 0 Å². The highest BCUT2D eigenvalue weighted by Gasteiger charge is 2.51. The van der Waals surface area contributed by atoms with Crippen molar-refractivity contribution in [3.8, 4) is 0 Å². The first-order valence-electron chi connectivity index (χ1n) is 5.69. The number of nitrogens with two attached hydrogens (primary N) is 1. The van der Waals surface area contributed by atoms with Crippen molar-refractivity contribution in [3.05, 3.63) is 11.3 Å². The fraction of sp³-hybridized carbons (Fsp3) is 0.636. The van der Waals surface area contributed by atoms with E-state index in [1.807, 2.05) is 0 Å². The van der Waals surface area contributed by atoms with Crippen molar-refractivity contribution >= 4 is 23.6 Å². The predicted molar refractivity (Wildman–Crippen MR) is 67.9 cm³/mol. The minimum Gasteiger partial charge on any atom is -0.434 e. The van der Waals surface area contributed by atoms with Crippen molar-refractivity contribution in [1.29, 1.82) is 0 Å². The lowest BCUT2D eigenvalue weighted by Gasteiger charge is -2.48. The number of thioether (sulfide) groups is 1. The summed E-state index contributed by atoms with van der Waals surface area (Å²) in [7, 11) is 2.95. The molecule has 19 heavy (non-hydrogen) atoms. The highest BCUT2D eigenvalue weighted by Crippen LogP contribution is 2.39. The molecular weight excluding hydrogens is 272 g/mol. The lowest BCUT2D eigenvalue weighted by molar-refractivity contribution is -0.157. The van der Waals surface area contributed by atoms with Crippen molar-refractivity contribution in [2.75, 3.05) is 33.4 Å². The second-order valence-electron chi connectivity index (χ2n) is 4.16. The van der Waals surface area contributed by atoms with Crippen LogP contribution in [0.25, 0.3) is 0 Å². The minimum atomic E-state index is -0.584. The Labute approximate surface area is 115 Å². The molecule has 2 atom stereocenters. The van der Waals surface area contributed by atoms with E-state index in [1.165, 1.54) is 30.9 Å². The van der Waals surface area contributed by atoms with E-state index in [4.69, 9.17) is 19.9 Å². The van der Waals surface area contributed by atoms with Gasteiger partial charge in [0.15, 0.2) is 6.79 Å². The standard InChI is InChI=1S/C11H16N2O5S/c1-16-3-6-4-19-10-7(12)9(14)13(10)8(6)11(15)18-5-17-2/h7,10H,3-5,12H2,1-2H3/t7?,10-/m0/s1. The smallest absolute Gasteiger partial charge is 0.357 e. The SMILES string of the molecule is COCOC(=O)C1=C(COC)CS[C@H]2C(N)C(=O)N12. The Morgan fingerprint density at radius 2 is 2.21 bits per heavy atom. The summed E-state index contributed by atoms with van der Waals surface area (Å²) in [6, 6.07) is -0.556. The van der Waals surface area contributed by atoms with E-state index in [0.29, 0.717) is 5.75 Å². The quantitative estimate of drug-likeness (QED) is 0.405. The van der Waals surface area contributed by atoms with Crippen molar-refractivity contribution in [2.45, 2.75) is 11.4 Å². The van der Waals surface area contributed by atoms with E-state index < -0.39 is 12.0 Å². The number of hydrogen-bond donors (Lipinski definition) is 1. The predicted octanol–water partition coefficient (Wildman–Crippen LogP) is -0.724. The second-order valence-corrected chi connectivity index (χ2v) is 5.26. The van der Waals surface area contributed by atoms with Crippen LogP contribution in [0.5, 0.6) is 0 Å². The molecule has 1 unspecified atom stereocenters. The van der Waals surface area contributed by atoms with E-state index in [9.17, 15) is 9.59 Å². The molecule has 0 bridgehead atoms. The van der Waals surface area contributed by atoms with Gasteiger partial charge in [-0.25, -0.2) is 4.79 Å². The zero-order valence-electron chi connectivity index (χ0n) is 10.8. The van der Waals surface area contributed by atoms with Crippen LogP contribution in [0, 0.1) is 0 Å². The van der Waals surface area contributed by atoms with Crippen molar-refractivity contribution in [2.24, 2.45) is 5.73 Å². The maximum absolute atomic E-state index is 12.0. The van der Waals surface area contributed by atoms with Gasteiger partial charge in [-0.1, -0.05) is 0 Å². The third-order valence-electron chi connectivity index (χ3n) is 2.91. The molecule has 1 fully saturated rings. The molecule has 106 valence electrons. The number of amides is 1. The Balaban J connectivity index is 2.24. The number of ether oxygens (including phenoxy) is 3. The highest BCUT2D eigenvalue weighted by atomic mass is 32.2. The molecule has 1 saturated heterocycles. The third kappa shape index (κ3) is 2.48. The fourth-order valence-corrected chi connectivity index (χ4v) is 3.31. The molecule has 2 N–H and O–H groups in total. The number of nitrogens with zero attached hydrogens (tertiary/aromatic N) is 1. The molecule has 2 rings (SSSR count). The van der Waals surface area contributed by atoms with Gasteiger partial charge in [0, 0.05) is 20.0 Å².